The molecule has 0 saturated heterocycles. The topological polar surface area (TPSA) is 161 Å². The van der Waals surface area contributed by atoms with Gasteiger partial charge in [-0.05, 0) is 155 Å². The van der Waals surface area contributed by atoms with Crippen molar-refractivity contribution < 1.29 is 38.1 Å². The number of imide groups is 2. The number of methoxy groups -OCH3 is 2. The third-order valence-corrected chi connectivity index (χ3v) is 19.9. The summed E-state index contributed by atoms with van der Waals surface area (Å²) in [5.74, 6) is 2.24. The van der Waals surface area contributed by atoms with E-state index in [1.165, 1.54) is 9.80 Å². The van der Waals surface area contributed by atoms with Crippen LogP contribution in [0, 0.1) is 0 Å². The number of hydrogen-bond donors (Lipinski definition) is 0. The number of amides is 4. The van der Waals surface area contributed by atoms with Crippen molar-refractivity contribution in [2.75, 3.05) is 78.5 Å². The van der Waals surface area contributed by atoms with E-state index in [0.717, 1.165) is 88.7 Å². The molecule has 0 saturated carbocycles. The van der Waals surface area contributed by atoms with E-state index >= 15 is 0 Å². The zero-order valence-corrected chi connectivity index (χ0v) is 55.6. The molecule has 1 unspecified atom stereocenters. The SMILES string of the molecule is COc1ccc(C2=NC(=C3C=Cc4ccccc4C34c3c(ccc5ccccc35)-c3nc(-c5ccc(OCCN6C(=O)c7cccc8c(N(C)C)ccc(c78)C6=O)cc5)c(-c5ccc(OCCN6C(=O)c7cccc8c(N(C)C)ccc(c78)C6=O)cc5)n34)N=C2c2ccc(OC)cc2)cc1. The lowest BCUT2D eigenvalue weighted by Gasteiger charge is -2.40. The first-order chi connectivity index (χ1) is 48.8. The first-order valence-corrected chi connectivity index (χ1v) is 33.1. The van der Waals surface area contributed by atoms with E-state index in [9.17, 15) is 19.2 Å². The summed E-state index contributed by atoms with van der Waals surface area (Å²) in [4.78, 5) is 80.4. The van der Waals surface area contributed by atoms with Gasteiger partial charge in [0.15, 0.2) is 5.82 Å². The molecule has 0 N–H and O–H groups in total. The standard InChI is InChI=1S/C84H64N8O8/c1-88(2)69-43-40-64-71-60(69)16-11-18-62(71)80(93)90(82(64)95)45-47-99-57-35-25-53(26-36-57)76-77(54-27-37-58(38-28-54)100-48-46-91-81(94)63-19-12-17-61-70(89(3)4)44-41-65(72(61)63)83(91)96)92-79(87-76)66-39-29-49-13-7-9-15-59(49)73(66)84(92)67-20-10-8-14-50(67)30-42-68(84)78-85-74(51-21-31-55(97-5)32-22-51)75(86-78)52-23-33-56(98-6)34-24-52/h7-44H,45-48H2,1-6H3. The normalized spacial score (nSPS) is 15.6. The number of aliphatic imine (C=N–C) groups is 2. The van der Waals surface area contributed by atoms with E-state index in [1.54, 1.807) is 38.5 Å². The van der Waals surface area contributed by atoms with Crippen molar-refractivity contribution in [3.05, 3.63) is 286 Å². The number of fused-ring (bicyclic) bond motifs is 9. The van der Waals surface area contributed by atoms with Crippen molar-refractivity contribution >= 4 is 84.8 Å². The molecule has 5 heterocycles. The largest absolute Gasteiger partial charge is 0.497 e. The Hall–Kier alpha value is -12.7. The highest BCUT2D eigenvalue weighted by Gasteiger charge is 2.54. The Kier molecular flexibility index (Phi) is 14.5. The van der Waals surface area contributed by atoms with Crippen LogP contribution in [0.5, 0.6) is 23.0 Å². The molecule has 4 aliphatic heterocycles. The maximum Gasteiger partial charge on any atom is 0.261 e. The van der Waals surface area contributed by atoms with Gasteiger partial charge in [0.1, 0.15) is 47.6 Å². The molecule has 16 heteroatoms. The molecule has 12 aromatic rings. The minimum absolute atomic E-state index is 0.0208. The molecule has 100 heavy (non-hydrogen) atoms. The average Bonchev–Trinajstić information content (AvgIpc) is 1.50. The zero-order valence-electron chi connectivity index (χ0n) is 55.6. The molecule has 0 radical (unpaired) electrons. The van der Waals surface area contributed by atoms with Gasteiger partial charge in [-0.3, -0.25) is 29.0 Å². The first kappa shape index (κ1) is 60.9. The number of carbonyl (C=O) groups is 4. The van der Waals surface area contributed by atoms with Gasteiger partial charge in [0.25, 0.3) is 23.6 Å². The summed E-state index contributed by atoms with van der Waals surface area (Å²) in [7, 11) is 11.1. The number of benzene rings is 11. The van der Waals surface area contributed by atoms with Crippen molar-refractivity contribution in [1.82, 2.24) is 19.4 Å². The van der Waals surface area contributed by atoms with Crippen LogP contribution in [0.3, 0.4) is 0 Å². The van der Waals surface area contributed by atoms with Gasteiger partial charge in [-0.15, -0.1) is 0 Å². The van der Waals surface area contributed by atoms with E-state index in [2.05, 4.69) is 77.4 Å². The van der Waals surface area contributed by atoms with Crippen molar-refractivity contribution in [2.45, 2.75) is 5.54 Å². The second kappa shape index (κ2) is 23.8. The van der Waals surface area contributed by atoms with E-state index in [0.29, 0.717) is 84.8 Å². The van der Waals surface area contributed by atoms with Gasteiger partial charge in [-0.2, -0.15) is 0 Å². The van der Waals surface area contributed by atoms with Crippen LogP contribution in [0.4, 0.5) is 11.4 Å². The van der Waals surface area contributed by atoms with Crippen LogP contribution < -0.4 is 28.7 Å². The lowest BCUT2D eigenvalue weighted by Crippen LogP contribution is -2.42. The first-order valence-electron chi connectivity index (χ1n) is 33.1. The van der Waals surface area contributed by atoms with Crippen molar-refractivity contribution in [3.63, 3.8) is 0 Å². The molecular weight excluding hydrogens is 1250 g/mol. The third kappa shape index (κ3) is 9.45. The summed E-state index contributed by atoms with van der Waals surface area (Å²) in [5.41, 5.74) is 13.4. The summed E-state index contributed by atoms with van der Waals surface area (Å²) in [6, 6.07) is 71.4. The fourth-order valence-electron chi connectivity index (χ4n) is 15.3. The Balaban J connectivity index is 0.793. The number of ether oxygens (including phenoxy) is 4. The van der Waals surface area contributed by atoms with Gasteiger partial charge in [0, 0.05) is 122 Å². The number of hydrogen-bond acceptors (Lipinski definition) is 13. The molecule has 1 aromatic heterocycles. The van der Waals surface area contributed by atoms with Crippen LogP contribution in [0.1, 0.15) is 69.2 Å². The minimum Gasteiger partial charge on any atom is -0.497 e. The number of aromatic nitrogens is 2. The summed E-state index contributed by atoms with van der Waals surface area (Å²) in [6.07, 6.45) is 4.32. The Labute approximate surface area is 576 Å². The van der Waals surface area contributed by atoms with Gasteiger partial charge in [-0.1, -0.05) is 97.1 Å². The molecule has 1 spiro atoms. The second-order valence-electron chi connectivity index (χ2n) is 25.7. The van der Waals surface area contributed by atoms with Crippen LogP contribution in [-0.4, -0.2) is 123 Å². The number of nitrogens with zero attached hydrogens (tertiary/aromatic N) is 8. The Bertz CT molecular complexity index is 5500. The summed E-state index contributed by atoms with van der Waals surface area (Å²) >= 11 is 0. The van der Waals surface area contributed by atoms with Gasteiger partial charge in [0.2, 0.25) is 0 Å². The van der Waals surface area contributed by atoms with E-state index < -0.39 is 5.54 Å². The quantitative estimate of drug-likeness (QED) is 0.0847. The maximum absolute atomic E-state index is 14.2. The fraction of sp³-hybridized carbons (Fsp3) is 0.131. The number of imidazole rings is 1. The van der Waals surface area contributed by atoms with Crippen LogP contribution >= 0.6 is 0 Å². The Morgan fingerprint density at radius 3 is 1.42 bits per heavy atom. The summed E-state index contributed by atoms with van der Waals surface area (Å²) in [5, 5.41) is 5.08. The number of allylic oxidation sites excluding steroid dienone is 2. The zero-order chi connectivity index (χ0) is 68.2. The molecule has 1 atom stereocenters. The van der Waals surface area contributed by atoms with Crippen LogP contribution in [0.2, 0.25) is 0 Å². The van der Waals surface area contributed by atoms with E-state index in [-0.39, 0.29) is 49.9 Å². The third-order valence-electron chi connectivity index (χ3n) is 19.9. The molecular formula is C84H64N8O8. The van der Waals surface area contributed by atoms with Gasteiger partial charge < -0.3 is 33.3 Å². The molecule has 488 valence electrons. The predicted molar refractivity (Wildman–Crippen MR) is 392 cm³/mol. The number of carbonyl (C=O) groups excluding carboxylic acids is 4. The van der Waals surface area contributed by atoms with Gasteiger partial charge >= 0.3 is 0 Å². The van der Waals surface area contributed by atoms with Crippen LogP contribution in [-0.2, 0) is 5.54 Å². The van der Waals surface area contributed by atoms with Crippen molar-refractivity contribution in [2.24, 2.45) is 9.98 Å². The lowest BCUT2D eigenvalue weighted by molar-refractivity contribution is 0.0573. The molecule has 17 rings (SSSR count). The van der Waals surface area contributed by atoms with Crippen LogP contribution in [0.15, 0.2) is 246 Å². The fourth-order valence-corrected chi connectivity index (χ4v) is 15.3. The summed E-state index contributed by atoms with van der Waals surface area (Å²) < 4.78 is 26.6. The molecule has 0 fully saturated rings. The molecule has 0 bridgehead atoms. The number of anilines is 2. The minimum atomic E-state index is -1.20. The molecule has 11 aromatic carbocycles. The lowest BCUT2D eigenvalue weighted by atomic mass is 9.70. The summed E-state index contributed by atoms with van der Waals surface area (Å²) in [6.45, 7) is 0.136. The maximum atomic E-state index is 14.2. The monoisotopic (exact) mass is 1310 g/mol. The molecule has 16 nitrogen and oxygen atoms in total. The van der Waals surface area contributed by atoms with Gasteiger partial charge in [0.05, 0.1) is 50.1 Å². The highest BCUT2D eigenvalue weighted by atomic mass is 16.5. The Morgan fingerprint density at radius 2 is 0.890 bits per heavy atom. The second-order valence-corrected chi connectivity index (χ2v) is 25.7. The Morgan fingerprint density at radius 1 is 0.430 bits per heavy atom. The molecule has 5 aliphatic rings. The predicted octanol–water partition coefficient (Wildman–Crippen LogP) is 15.2. The smallest absolute Gasteiger partial charge is 0.261 e. The number of rotatable bonds is 16. The highest BCUT2D eigenvalue weighted by Crippen LogP contribution is 2.60. The van der Waals surface area contributed by atoms with Crippen LogP contribution in [0.25, 0.3) is 72.3 Å². The van der Waals surface area contributed by atoms with Crippen molar-refractivity contribution in [3.8, 4) is 56.9 Å². The van der Waals surface area contributed by atoms with Gasteiger partial charge in [-0.25, -0.2) is 15.0 Å². The van der Waals surface area contributed by atoms with Crippen molar-refractivity contribution in [1.29, 1.82) is 0 Å². The van der Waals surface area contributed by atoms with E-state index in [1.807, 2.05) is 171 Å². The highest BCUT2D eigenvalue weighted by molar-refractivity contribution is 6.55. The molecule has 4 amide bonds. The van der Waals surface area contributed by atoms with E-state index in [4.69, 9.17) is 33.9 Å². The average molecular weight is 1310 g/mol. The molecule has 1 aliphatic carbocycles.